The lowest BCUT2D eigenvalue weighted by Gasteiger charge is -2.18. The molecular formula is C20H31NO3. The Bertz CT molecular complexity index is 513. The molecule has 4 nitrogen and oxygen atoms in total. The first kappa shape index (κ1) is 20.4. The van der Waals surface area contributed by atoms with Gasteiger partial charge in [-0.2, -0.15) is 0 Å². The van der Waals surface area contributed by atoms with Crippen LogP contribution in [0.2, 0.25) is 0 Å². The SMILES string of the molecule is CCCCC[C@H](O)C/C=C\C(=O)[O-].[NH3+][C@H]1CCCc2ccccc21. The van der Waals surface area contributed by atoms with Gasteiger partial charge in [0, 0.05) is 12.0 Å². The molecule has 0 amide bonds. The molecule has 0 aliphatic heterocycles. The number of fused-ring (bicyclic) bond motifs is 1. The van der Waals surface area contributed by atoms with Gasteiger partial charge in [0.15, 0.2) is 0 Å². The topological polar surface area (TPSA) is 88.0 Å². The summed E-state index contributed by atoms with van der Waals surface area (Å²) < 4.78 is 0. The van der Waals surface area contributed by atoms with Crippen molar-refractivity contribution < 1.29 is 20.7 Å². The van der Waals surface area contributed by atoms with E-state index in [-0.39, 0.29) is 0 Å². The van der Waals surface area contributed by atoms with Gasteiger partial charge in [-0.05, 0) is 37.3 Å². The van der Waals surface area contributed by atoms with Gasteiger partial charge in [0.1, 0.15) is 6.04 Å². The molecular weight excluding hydrogens is 302 g/mol. The summed E-state index contributed by atoms with van der Waals surface area (Å²) in [5.74, 6) is -1.21. The van der Waals surface area contributed by atoms with E-state index in [2.05, 4.69) is 36.9 Å². The van der Waals surface area contributed by atoms with Crippen LogP contribution >= 0.6 is 0 Å². The highest BCUT2D eigenvalue weighted by Crippen LogP contribution is 2.25. The molecule has 24 heavy (non-hydrogen) atoms. The van der Waals surface area contributed by atoms with E-state index in [1.54, 1.807) is 0 Å². The van der Waals surface area contributed by atoms with Crippen LogP contribution in [0.5, 0.6) is 0 Å². The molecule has 1 aromatic rings. The maximum atomic E-state index is 9.96. The maximum Gasteiger partial charge on any atom is 0.110 e. The Morgan fingerprint density at radius 3 is 2.83 bits per heavy atom. The summed E-state index contributed by atoms with van der Waals surface area (Å²) >= 11 is 0. The predicted molar refractivity (Wildman–Crippen MR) is 93.9 cm³/mol. The number of aliphatic carboxylic acids is 1. The number of carbonyl (C=O) groups excluding carboxylic acids is 1. The van der Waals surface area contributed by atoms with Crippen molar-refractivity contribution in [2.45, 2.75) is 70.4 Å². The zero-order valence-electron chi connectivity index (χ0n) is 14.7. The van der Waals surface area contributed by atoms with Crippen LogP contribution in [0.1, 0.15) is 69.0 Å². The van der Waals surface area contributed by atoms with E-state index in [9.17, 15) is 15.0 Å². The first-order valence-electron chi connectivity index (χ1n) is 9.01. The molecule has 134 valence electrons. The number of hydrogen-bond acceptors (Lipinski definition) is 3. The third kappa shape index (κ3) is 8.27. The van der Waals surface area contributed by atoms with E-state index in [1.165, 1.54) is 36.5 Å². The zero-order chi connectivity index (χ0) is 17.8. The van der Waals surface area contributed by atoms with Crippen molar-refractivity contribution in [3.8, 4) is 0 Å². The summed E-state index contributed by atoms with van der Waals surface area (Å²) in [6.45, 7) is 2.10. The van der Waals surface area contributed by atoms with Gasteiger partial charge in [-0.25, -0.2) is 0 Å². The van der Waals surface area contributed by atoms with Crippen molar-refractivity contribution in [1.82, 2.24) is 0 Å². The number of aliphatic hydroxyl groups excluding tert-OH is 1. The standard InChI is InChI=1S/C10H13N.C10H18O3/c11-10-7-3-5-8-4-1-2-6-9(8)10;1-2-3-4-6-9(11)7-5-8-10(12)13/h1-2,4,6,10H,3,5,7,11H2;5,8-9,11H,2-4,6-7H2,1H3,(H,12,13)/b;8-5-/t10-;9-/m00/s1. The molecule has 1 aromatic carbocycles. The van der Waals surface area contributed by atoms with Crippen LogP contribution in [-0.2, 0) is 11.2 Å². The second-order valence-electron chi connectivity index (χ2n) is 6.39. The number of quaternary nitrogens is 1. The van der Waals surface area contributed by atoms with Crippen molar-refractivity contribution in [3.05, 3.63) is 47.5 Å². The molecule has 4 heteroatoms. The minimum Gasteiger partial charge on any atom is -0.545 e. The molecule has 0 unspecified atom stereocenters. The molecule has 2 atom stereocenters. The molecule has 1 aliphatic carbocycles. The largest absolute Gasteiger partial charge is 0.545 e. The first-order chi connectivity index (χ1) is 11.5. The predicted octanol–water partition coefficient (Wildman–Crippen LogP) is 1.93. The van der Waals surface area contributed by atoms with Crippen LogP contribution in [0.3, 0.4) is 0 Å². The van der Waals surface area contributed by atoms with E-state index >= 15 is 0 Å². The van der Waals surface area contributed by atoms with E-state index in [0.29, 0.717) is 12.5 Å². The average Bonchev–Trinajstić information content (AvgIpc) is 2.56. The monoisotopic (exact) mass is 333 g/mol. The summed E-state index contributed by atoms with van der Waals surface area (Å²) in [6.07, 6.45) is 10.2. The van der Waals surface area contributed by atoms with E-state index < -0.39 is 12.1 Å². The fraction of sp³-hybridized carbons (Fsp3) is 0.550. The number of carboxylic acid groups (broad SMARTS) is 1. The quantitative estimate of drug-likeness (QED) is 0.590. The second kappa shape index (κ2) is 11.8. The Labute approximate surface area is 145 Å². The second-order valence-corrected chi connectivity index (χ2v) is 6.39. The molecule has 4 N–H and O–H groups in total. The molecule has 0 heterocycles. The van der Waals surface area contributed by atoms with Gasteiger partial charge in [-0.15, -0.1) is 0 Å². The van der Waals surface area contributed by atoms with Gasteiger partial charge in [0.05, 0.1) is 12.1 Å². The summed E-state index contributed by atoms with van der Waals surface area (Å²) in [5.41, 5.74) is 7.12. The molecule has 1 aliphatic rings. The lowest BCUT2D eigenvalue weighted by Crippen LogP contribution is -2.54. The number of hydrogen-bond donors (Lipinski definition) is 2. The summed E-state index contributed by atoms with van der Waals surface area (Å²) in [5, 5.41) is 19.3. The first-order valence-corrected chi connectivity index (χ1v) is 9.01. The highest BCUT2D eigenvalue weighted by molar-refractivity contribution is 5.77. The number of carboxylic acids is 1. The van der Waals surface area contributed by atoms with E-state index in [0.717, 1.165) is 31.8 Å². The molecule has 0 radical (unpaired) electrons. The van der Waals surface area contributed by atoms with Gasteiger partial charge in [0.25, 0.3) is 0 Å². The van der Waals surface area contributed by atoms with Crippen LogP contribution in [-0.4, -0.2) is 17.2 Å². The minimum atomic E-state index is -1.21. The number of unbranched alkanes of at least 4 members (excludes halogenated alkanes) is 2. The van der Waals surface area contributed by atoms with Gasteiger partial charge < -0.3 is 20.7 Å². The van der Waals surface area contributed by atoms with Crippen molar-refractivity contribution in [1.29, 1.82) is 0 Å². The van der Waals surface area contributed by atoms with Crippen molar-refractivity contribution >= 4 is 5.97 Å². The molecule has 0 fully saturated rings. The summed E-state index contributed by atoms with van der Waals surface area (Å²) in [6, 6.07) is 9.22. The Kier molecular flexibility index (Phi) is 10.0. The van der Waals surface area contributed by atoms with Gasteiger partial charge in [0.2, 0.25) is 0 Å². The summed E-state index contributed by atoms with van der Waals surface area (Å²) in [7, 11) is 0. The van der Waals surface area contributed by atoms with Crippen LogP contribution in [0.25, 0.3) is 0 Å². The molecule has 0 saturated carbocycles. The van der Waals surface area contributed by atoms with Gasteiger partial charge in [-0.1, -0.05) is 56.5 Å². The zero-order valence-corrected chi connectivity index (χ0v) is 14.7. The highest BCUT2D eigenvalue weighted by atomic mass is 16.4. The van der Waals surface area contributed by atoms with Crippen LogP contribution in [0.15, 0.2) is 36.4 Å². The molecule has 0 saturated heterocycles. The molecule has 0 aromatic heterocycles. The number of aliphatic hydroxyl groups is 1. The fourth-order valence-electron chi connectivity index (χ4n) is 2.92. The Hall–Kier alpha value is -1.65. The minimum absolute atomic E-state index is 0.400. The van der Waals surface area contributed by atoms with Gasteiger partial charge >= 0.3 is 0 Å². The highest BCUT2D eigenvalue weighted by Gasteiger charge is 2.17. The third-order valence-electron chi connectivity index (χ3n) is 4.30. The Balaban J connectivity index is 0.000000242. The van der Waals surface area contributed by atoms with Gasteiger partial charge in [-0.3, -0.25) is 0 Å². The summed E-state index contributed by atoms with van der Waals surface area (Å²) in [4.78, 5) is 9.96. The third-order valence-corrected chi connectivity index (χ3v) is 4.30. The smallest absolute Gasteiger partial charge is 0.110 e. The Morgan fingerprint density at radius 2 is 2.17 bits per heavy atom. The molecule has 2 rings (SSSR count). The average molecular weight is 333 g/mol. The van der Waals surface area contributed by atoms with Crippen LogP contribution in [0.4, 0.5) is 0 Å². The van der Waals surface area contributed by atoms with Crippen molar-refractivity contribution in [2.75, 3.05) is 0 Å². The Morgan fingerprint density at radius 1 is 1.42 bits per heavy atom. The van der Waals surface area contributed by atoms with Crippen molar-refractivity contribution in [2.24, 2.45) is 0 Å². The number of aryl methyl sites for hydroxylation is 1. The molecule has 0 bridgehead atoms. The number of carbonyl (C=O) groups is 1. The maximum absolute atomic E-state index is 9.96. The van der Waals surface area contributed by atoms with Crippen LogP contribution in [0, 0.1) is 0 Å². The van der Waals surface area contributed by atoms with E-state index in [1.807, 2.05) is 0 Å². The molecule has 0 spiro atoms. The lowest BCUT2D eigenvalue weighted by atomic mass is 9.88. The van der Waals surface area contributed by atoms with Crippen molar-refractivity contribution in [3.63, 3.8) is 0 Å². The fourth-order valence-corrected chi connectivity index (χ4v) is 2.92. The normalized spacial score (nSPS) is 17.7. The van der Waals surface area contributed by atoms with Crippen LogP contribution < -0.4 is 10.8 Å². The lowest BCUT2D eigenvalue weighted by molar-refractivity contribution is -0.429. The van der Waals surface area contributed by atoms with E-state index in [4.69, 9.17) is 0 Å². The number of rotatable bonds is 7. The number of benzene rings is 1.